The summed E-state index contributed by atoms with van der Waals surface area (Å²) < 4.78 is 1.71. The van der Waals surface area contributed by atoms with Gasteiger partial charge in [0.2, 0.25) is 0 Å². The Balaban J connectivity index is 2.54. The maximum Gasteiger partial charge on any atom is 0.307 e. The van der Waals surface area contributed by atoms with E-state index in [1.54, 1.807) is 17.1 Å². The van der Waals surface area contributed by atoms with Crippen molar-refractivity contribution in [1.82, 2.24) is 9.78 Å². The lowest BCUT2D eigenvalue weighted by atomic mass is 9.94. The molecule has 0 radical (unpaired) electrons. The molecule has 0 unspecified atom stereocenters. The van der Waals surface area contributed by atoms with E-state index in [0.29, 0.717) is 5.02 Å². The molecule has 0 bridgehead atoms. The van der Waals surface area contributed by atoms with Gasteiger partial charge in [0, 0.05) is 6.20 Å². The van der Waals surface area contributed by atoms with Crippen molar-refractivity contribution in [2.75, 3.05) is 0 Å². The Morgan fingerprint density at radius 1 is 1.30 bits per heavy atom. The summed E-state index contributed by atoms with van der Waals surface area (Å²) in [4.78, 5) is 11.0. The third kappa shape index (κ3) is 3.02. The Morgan fingerprint density at radius 2 is 1.90 bits per heavy atom. The van der Waals surface area contributed by atoms with Crippen LogP contribution in [0.2, 0.25) is 5.02 Å². The van der Waals surface area contributed by atoms with Crippen LogP contribution in [0.4, 0.5) is 0 Å². The van der Waals surface area contributed by atoms with Crippen molar-refractivity contribution in [2.24, 2.45) is 0 Å². The predicted molar refractivity (Wildman–Crippen MR) is 78.7 cm³/mol. The first-order chi connectivity index (χ1) is 9.55. The molecule has 2 rings (SSSR count). The third-order valence-corrected chi connectivity index (χ3v) is 3.52. The number of rotatable bonds is 5. The van der Waals surface area contributed by atoms with Crippen LogP contribution >= 0.6 is 11.6 Å². The molecule has 0 atom stereocenters. The zero-order valence-corrected chi connectivity index (χ0v) is 12.3. The van der Waals surface area contributed by atoms with Gasteiger partial charge in [0.15, 0.2) is 0 Å². The number of carboxylic acids is 1. The molecule has 0 aliphatic heterocycles. The van der Waals surface area contributed by atoms with Gasteiger partial charge in [0.25, 0.3) is 0 Å². The van der Waals surface area contributed by atoms with Gasteiger partial charge in [-0.3, -0.25) is 4.79 Å². The van der Waals surface area contributed by atoms with E-state index in [9.17, 15) is 4.79 Å². The Kier molecular flexibility index (Phi) is 4.45. The average Bonchev–Trinajstić information content (AvgIpc) is 2.85. The van der Waals surface area contributed by atoms with Gasteiger partial charge < -0.3 is 5.11 Å². The summed E-state index contributed by atoms with van der Waals surface area (Å²) in [7, 11) is 0. The van der Waals surface area contributed by atoms with Crippen LogP contribution in [0.5, 0.6) is 0 Å². The largest absolute Gasteiger partial charge is 0.481 e. The molecule has 0 amide bonds. The highest BCUT2D eigenvalue weighted by molar-refractivity contribution is 6.30. The standard InChI is InChI=1S/C15H17ClN2O2/c1-3-10-5-13(18-9-12(16)8-17-18)6-11(4-2)14(10)7-15(19)20/h5-6,8-9H,3-4,7H2,1-2H3,(H,19,20). The average molecular weight is 293 g/mol. The highest BCUT2D eigenvalue weighted by Gasteiger charge is 2.13. The van der Waals surface area contributed by atoms with Gasteiger partial charge in [-0.05, 0) is 41.7 Å². The zero-order chi connectivity index (χ0) is 14.7. The Hall–Kier alpha value is -1.81. The van der Waals surface area contributed by atoms with Gasteiger partial charge in [-0.1, -0.05) is 25.4 Å². The molecule has 0 saturated carbocycles. The number of aryl methyl sites for hydroxylation is 2. The van der Waals surface area contributed by atoms with Gasteiger partial charge in [0.05, 0.1) is 23.3 Å². The molecule has 0 fully saturated rings. The monoisotopic (exact) mass is 292 g/mol. The molecule has 0 aliphatic rings. The summed E-state index contributed by atoms with van der Waals surface area (Å²) in [5.74, 6) is -0.802. The second-order valence-electron chi connectivity index (χ2n) is 4.62. The maximum absolute atomic E-state index is 11.0. The summed E-state index contributed by atoms with van der Waals surface area (Å²) in [6.45, 7) is 4.06. The molecular formula is C15H17ClN2O2. The van der Waals surface area contributed by atoms with Gasteiger partial charge in [-0.2, -0.15) is 5.10 Å². The lowest BCUT2D eigenvalue weighted by molar-refractivity contribution is -0.136. The molecule has 2 aromatic rings. The highest BCUT2D eigenvalue weighted by atomic mass is 35.5. The molecule has 1 heterocycles. The van der Waals surface area contributed by atoms with Crippen LogP contribution in [0.1, 0.15) is 30.5 Å². The van der Waals surface area contributed by atoms with Crippen molar-refractivity contribution < 1.29 is 9.90 Å². The molecule has 106 valence electrons. The molecule has 4 nitrogen and oxygen atoms in total. The Labute approximate surface area is 123 Å². The first kappa shape index (κ1) is 14.6. The van der Waals surface area contributed by atoms with Gasteiger partial charge in [-0.15, -0.1) is 0 Å². The summed E-state index contributed by atoms with van der Waals surface area (Å²) in [5.41, 5.74) is 3.94. The first-order valence-corrected chi connectivity index (χ1v) is 7.00. The number of hydrogen-bond acceptors (Lipinski definition) is 2. The van der Waals surface area contributed by atoms with E-state index in [1.165, 1.54) is 0 Å². The fourth-order valence-electron chi connectivity index (χ4n) is 2.36. The van der Waals surface area contributed by atoms with Crippen LogP contribution in [0, 0.1) is 0 Å². The van der Waals surface area contributed by atoms with E-state index in [1.807, 2.05) is 26.0 Å². The van der Waals surface area contributed by atoms with Gasteiger partial charge in [-0.25, -0.2) is 4.68 Å². The number of nitrogens with zero attached hydrogens (tertiary/aromatic N) is 2. The van der Waals surface area contributed by atoms with Crippen molar-refractivity contribution in [3.8, 4) is 5.69 Å². The molecule has 1 aromatic carbocycles. The third-order valence-electron chi connectivity index (χ3n) is 3.32. The SMILES string of the molecule is CCc1cc(-n2cc(Cl)cn2)cc(CC)c1CC(=O)O. The van der Waals surface area contributed by atoms with Crippen LogP contribution in [-0.4, -0.2) is 20.9 Å². The van der Waals surface area contributed by atoms with E-state index in [2.05, 4.69) is 5.10 Å². The van der Waals surface area contributed by atoms with Crippen LogP contribution in [-0.2, 0) is 24.1 Å². The summed E-state index contributed by atoms with van der Waals surface area (Å²) in [6, 6.07) is 3.97. The Bertz CT molecular complexity index is 610. The van der Waals surface area contributed by atoms with Crippen molar-refractivity contribution >= 4 is 17.6 Å². The van der Waals surface area contributed by atoms with Crippen LogP contribution in [0.15, 0.2) is 24.5 Å². The molecule has 1 aromatic heterocycles. The number of carbonyl (C=O) groups is 1. The minimum absolute atomic E-state index is 0.0620. The minimum Gasteiger partial charge on any atom is -0.481 e. The van der Waals surface area contributed by atoms with E-state index in [0.717, 1.165) is 35.2 Å². The predicted octanol–water partition coefficient (Wildman–Crippen LogP) is 3.28. The number of carboxylic acid groups (broad SMARTS) is 1. The highest BCUT2D eigenvalue weighted by Crippen LogP contribution is 2.23. The lowest BCUT2D eigenvalue weighted by Crippen LogP contribution is -2.09. The quantitative estimate of drug-likeness (QED) is 0.920. The first-order valence-electron chi connectivity index (χ1n) is 6.62. The second-order valence-corrected chi connectivity index (χ2v) is 5.06. The van der Waals surface area contributed by atoms with E-state index in [4.69, 9.17) is 16.7 Å². The molecule has 0 saturated heterocycles. The molecule has 0 spiro atoms. The summed E-state index contributed by atoms with van der Waals surface area (Å²) >= 11 is 5.90. The molecule has 20 heavy (non-hydrogen) atoms. The fraction of sp³-hybridized carbons (Fsp3) is 0.333. The smallest absolute Gasteiger partial charge is 0.307 e. The van der Waals surface area contributed by atoms with E-state index in [-0.39, 0.29) is 6.42 Å². The van der Waals surface area contributed by atoms with Crippen molar-refractivity contribution in [3.63, 3.8) is 0 Å². The topological polar surface area (TPSA) is 55.1 Å². The second kappa shape index (κ2) is 6.09. The number of halogens is 1. The van der Waals surface area contributed by atoms with Crippen LogP contribution in [0.25, 0.3) is 5.69 Å². The number of aliphatic carboxylic acids is 1. The van der Waals surface area contributed by atoms with Crippen molar-refractivity contribution in [2.45, 2.75) is 33.1 Å². The van der Waals surface area contributed by atoms with E-state index >= 15 is 0 Å². The lowest BCUT2D eigenvalue weighted by Gasteiger charge is -2.14. The summed E-state index contributed by atoms with van der Waals surface area (Å²) in [5, 5.41) is 13.8. The van der Waals surface area contributed by atoms with Crippen LogP contribution < -0.4 is 0 Å². The maximum atomic E-state index is 11.0. The zero-order valence-electron chi connectivity index (χ0n) is 11.6. The number of aromatic nitrogens is 2. The van der Waals surface area contributed by atoms with Gasteiger partial charge >= 0.3 is 5.97 Å². The van der Waals surface area contributed by atoms with Crippen LogP contribution in [0.3, 0.4) is 0 Å². The molecule has 0 aliphatic carbocycles. The number of hydrogen-bond donors (Lipinski definition) is 1. The summed E-state index contributed by atoms with van der Waals surface area (Å²) in [6.07, 6.45) is 4.97. The minimum atomic E-state index is -0.802. The molecule has 5 heteroatoms. The molecular weight excluding hydrogens is 276 g/mol. The van der Waals surface area contributed by atoms with E-state index < -0.39 is 5.97 Å². The van der Waals surface area contributed by atoms with Gasteiger partial charge in [0.1, 0.15) is 0 Å². The fourth-order valence-corrected chi connectivity index (χ4v) is 2.50. The van der Waals surface area contributed by atoms with Crippen molar-refractivity contribution in [3.05, 3.63) is 46.2 Å². The number of benzene rings is 1. The Morgan fingerprint density at radius 3 is 2.30 bits per heavy atom. The normalized spacial score (nSPS) is 10.8. The molecule has 1 N–H and O–H groups in total. The van der Waals surface area contributed by atoms with Crippen molar-refractivity contribution in [1.29, 1.82) is 0 Å².